The molecule has 0 aromatic heterocycles. The van der Waals surface area contributed by atoms with Crippen molar-refractivity contribution < 1.29 is 8.42 Å². The minimum atomic E-state index is -3.40. The zero-order valence-corrected chi connectivity index (χ0v) is 12.8. The second-order valence-corrected chi connectivity index (χ2v) is 7.11. The molecule has 106 valence electrons. The molecule has 0 unspecified atom stereocenters. The minimum Gasteiger partial charge on any atom is -0.384 e. The van der Waals surface area contributed by atoms with Gasteiger partial charge in [-0.25, -0.2) is 8.42 Å². The van der Waals surface area contributed by atoms with Gasteiger partial charge in [0.1, 0.15) is 0 Å². The fraction of sp³-hybridized carbons (Fsp3) is 0.143. The van der Waals surface area contributed by atoms with Crippen LogP contribution in [0.2, 0.25) is 10.0 Å². The molecular weight excluding hydrogens is 317 g/mol. The summed E-state index contributed by atoms with van der Waals surface area (Å²) in [5, 5.41) is 3.87. The van der Waals surface area contributed by atoms with E-state index in [0.717, 1.165) is 5.69 Å². The predicted octanol–water partition coefficient (Wildman–Crippen LogP) is 3.88. The molecule has 0 bridgehead atoms. The Morgan fingerprint density at radius 3 is 2.45 bits per heavy atom. The second-order valence-electron chi connectivity index (χ2n) is 4.19. The molecule has 0 aliphatic carbocycles. The van der Waals surface area contributed by atoms with Crippen molar-refractivity contribution in [1.29, 1.82) is 0 Å². The number of hydrogen-bond donors (Lipinski definition) is 1. The molecule has 2 rings (SSSR count). The topological polar surface area (TPSA) is 46.2 Å². The first-order valence-corrected chi connectivity index (χ1v) is 8.36. The molecule has 20 heavy (non-hydrogen) atoms. The lowest BCUT2D eigenvalue weighted by atomic mass is 10.3. The molecule has 3 nitrogen and oxygen atoms in total. The maximum absolute atomic E-state index is 12.2. The third-order valence-electron chi connectivity index (χ3n) is 2.70. The van der Waals surface area contributed by atoms with Crippen molar-refractivity contribution >= 4 is 38.7 Å². The molecule has 0 fully saturated rings. The van der Waals surface area contributed by atoms with Gasteiger partial charge in [0, 0.05) is 17.3 Å². The summed E-state index contributed by atoms with van der Waals surface area (Å²) in [6.45, 7) is 0.286. The largest absolute Gasteiger partial charge is 0.384 e. The van der Waals surface area contributed by atoms with Gasteiger partial charge in [0.2, 0.25) is 0 Å². The van der Waals surface area contributed by atoms with Crippen molar-refractivity contribution in [2.45, 2.75) is 4.90 Å². The van der Waals surface area contributed by atoms with Crippen LogP contribution in [0.1, 0.15) is 0 Å². The first kappa shape index (κ1) is 15.2. The summed E-state index contributed by atoms with van der Waals surface area (Å²) in [4.78, 5) is 0.162. The molecular formula is C14H13Cl2NO2S. The Morgan fingerprint density at radius 1 is 1.00 bits per heavy atom. The van der Waals surface area contributed by atoms with Gasteiger partial charge in [0.15, 0.2) is 9.84 Å². The maximum Gasteiger partial charge on any atom is 0.181 e. The fourth-order valence-corrected chi connectivity index (χ4v) is 3.66. The molecule has 0 saturated heterocycles. The Bertz CT molecular complexity index is 702. The molecule has 0 radical (unpaired) electrons. The molecule has 0 saturated carbocycles. The summed E-state index contributed by atoms with van der Waals surface area (Å²) in [5.74, 6) is -0.0384. The van der Waals surface area contributed by atoms with Gasteiger partial charge in [0.05, 0.1) is 15.7 Å². The zero-order chi connectivity index (χ0) is 14.6. The van der Waals surface area contributed by atoms with Crippen LogP contribution in [0.4, 0.5) is 5.69 Å². The first-order valence-electron chi connectivity index (χ1n) is 5.96. The van der Waals surface area contributed by atoms with Gasteiger partial charge in [-0.2, -0.15) is 0 Å². The van der Waals surface area contributed by atoms with Crippen LogP contribution in [0, 0.1) is 0 Å². The number of hydrogen-bond acceptors (Lipinski definition) is 3. The van der Waals surface area contributed by atoms with Crippen LogP contribution in [-0.2, 0) is 9.84 Å². The number of benzene rings is 2. The van der Waals surface area contributed by atoms with Gasteiger partial charge >= 0.3 is 0 Å². The van der Waals surface area contributed by atoms with Gasteiger partial charge in [-0.15, -0.1) is 0 Å². The van der Waals surface area contributed by atoms with E-state index in [0.29, 0.717) is 5.02 Å². The van der Waals surface area contributed by atoms with E-state index in [4.69, 9.17) is 23.2 Å². The quantitative estimate of drug-likeness (QED) is 0.905. The summed E-state index contributed by atoms with van der Waals surface area (Å²) < 4.78 is 24.3. The lowest BCUT2D eigenvalue weighted by Crippen LogP contribution is -2.16. The Morgan fingerprint density at radius 2 is 1.75 bits per heavy atom. The highest BCUT2D eigenvalue weighted by Gasteiger charge is 2.16. The third-order valence-corrected chi connectivity index (χ3v) is 5.14. The number of sulfone groups is 1. The molecule has 1 N–H and O–H groups in total. The number of halogens is 2. The smallest absolute Gasteiger partial charge is 0.181 e. The van der Waals surface area contributed by atoms with Gasteiger partial charge in [-0.05, 0) is 30.3 Å². The van der Waals surface area contributed by atoms with Gasteiger partial charge in [-0.1, -0.05) is 41.4 Å². The highest BCUT2D eigenvalue weighted by Crippen LogP contribution is 2.22. The van der Waals surface area contributed by atoms with Crippen molar-refractivity contribution in [3.63, 3.8) is 0 Å². The van der Waals surface area contributed by atoms with Crippen LogP contribution >= 0.6 is 23.2 Å². The summed E-state index contributed by atoms with van der Waals surface area (Å²) in [6, 6.07) is 13.6. The fourth-order valence-electron chi connectivity index (χ4n) is 1.74. The molecule has 0 amide bonds. The summed E-state index contributed by atoms with van der Waals surface area (Å²) in [5.41, 5.74) is 0.784. The van der Waals surface area contributed by atoms with Crippen LogP contribution < -0.4 is 5.32 Å². The van der Waals surface area contributed by atoms with E-state index in [-0.39, 0.29) is 22.2 Å². The molecule has 0 spiro atoms. The Balaban J connectivity index is 2.02. The second kappa shape index (κ2) is 6.48. The van der Waals surface area contributed by atoms with Gasteiger partial charge in [0.25, 0.3) is 0 Å². The predicted molar refractivity (Wildman–Crippen MR) is 83.4 cm³/mol. The van der Waals surface area contributed by atoms with Crippen molar-refractivity contribution in [2.75, 3.05) is 17.6 Å². The minimum absolute atomic E-state index is 0.0384. The van der Waals surface area contributed by atoms with E-state index < -0.39 is 9.84 Å². The lowest BCUT2D eigenvalue weighted by Gasteiger charge is -2.08. The van der Waals surface area contributed by atoms with Crippen molar-refractivity contribution in [2.24, 2.45) is 0 Å². The average molecular weight is 330 g/mol. The Kier molecular flexibility index (Phi) is 4.91. The molecule has 0 atom stereocenters. The van der Waals surface area contributed by atoms with E-state index in [9.17, 15) is 8.42 Å². The van der Waals surface area contributed by atoms with Crippen molar-refractivity contribution in [3.8, 4) is 0 Å². The highest BCUT2D eigenvalue weighted by molar-refractivity contribution is 7.91. The molecule has 0 heterocycles. The van der Waals surface area contributed by atoms with E-state index in [1.807, 2.05) is 6.07 Å². The van der Waals surface area contributed by atoms with Crippen LogP contribution in [0.5, 0.6) is 0 Å². The summed E-state index contributed by atoms with van der Waals surface area (Å²) >= 11 is 11.8. The Labute approximate surface area is 128 Å². The molecule has 2 aromatic rings. The maximum atomic E-state index is 12.2. The molecule has 2 aromatic carbocycles. The van der Waals surface area contributed by atoms with E-state index >= 15 is 0 Å². The van der Waals surface area contributed by atoms with E-state index in [1.165, 1.54) is 6.07 Å². The van der Waals surface area contributed by atoms with Crippen molar-refractivity contribution in [3.05, 3.63) is 58.6 Å². The number of anilines is 1. The average Bonchev–Trinajstić information content (AvgIpc) is 2.39. The normalized spacial score (nSPS) is 11.3. The lowest BCUT2D eigenvalue weighted by molar-refractivity contribution is 0.596. The van der Waals surface area contributed by atoms with Gasteiger partial charge in [-0.3, -0.25) is 0 Å². The summed E-state index contributed by atoms with van der Waals surface area (Å²) in [7, 11) is -3.40. The van der Waals surface area contributed by atoms with Crippen LogP contribution in [-0.4, -0.2) is 20.7 Å². The van der Waals surface area contributed by atoms with Crippen LogP contribution in [0.25, 0.3) is 0 Å². The summed E-state index contributed by atoms with van der Waals surface area (Å²) in [6.07, 6.45) is 0. The standard InChI is InChI=1S/C14H13Cl2NO2S/c15-11-4-3-5-12(10-11)17-8-9-20(18,19)14-7-2-1-6-13(14)16/h1-7,10,17H,8-9H2. The SMILES string of the molecule is O=S(=O)(CCNc1cccc(Cl)c1)c1ccccc1Cl. The third kappa shape index (κ3) is 3.88. The van der Waals surface area contributed by atoms with Crippen LogP contribution in [0.15, 0.2) is 53.4 Å². The van der Waals surface area contributed by atoms with E-state index in [2.05, 4.69) is 5.32 Å². The Hall–Kier alpha value is -1.23. The molecule has 6 heteroatoms. The van der Waals surface area contributed by atoms with Crippen LogP contribution in [0.3, 0.4) is 0 Å². The first-order chi connectivity index (χ1) is 9.49. The van der Waals surface area contributed by atoms with Crippen molar-refractivity contribution in [1.82, 2.24) is 0 Å². The number of nitrogens with one attached hydrogen (secondary N) is 1. The molecule has 0 aliphatic rings. The van der Waals surface area contributed by atoms with Gasteiger partial charge < -0.3 is 5.32 Å². The highest BCUT2D eigenvalue weighted by atomic mass is 35.5. The molecule has 0 aliphatic heterocycles. The zero-order valence-electron chi connectivity index (χ0n) is 10.5. The number of rotatable bonds is 5. The monoisotopic (exact) mass is 329 g/mol. The van der Waals surface area contributed by atoms with E-state index in [1.54, 1.807) is 36.4 Å².